The van der Waals surface area contributed by atoms with Gasteiger partial charge < -0.3 is 11.1 Å². The summed E-state index contributed by atoms with van der Waals surface area (Å²) >= 11 is 6.05. The highest BCUT2D eigenvalue weighted by Gasteiger charge is 2.13. The number of hydrogen-bond donors (Lipinski definition) is 2. The molecule has 0 radical (unpaired) electrons. The lowest BCUT2D eigenvalue weighted by molar-refractivity contribution is 0.102. The maximum Gasteiger partial charge on any atom is 0.257 e. The first kappa shape index (κ1) is 14.4. The summed E-state index contributed by atoms with van der Waals surface area (Å²) in [4.78, 5) is 12.3. The third-order valence-corrected chi connectivity index (χ3v) is 3.48. The third kappa shape index (κ3) is 2.94. The van der Waals surface area contributed by atoms with Gasteiger partial charge in [0.2, 0.25) is 0 Å². The Labute approximate surface area is 123 Å². The van der Waals surface area contributed by atoms with Crippen LogP contribution in [0.25, 0.3) is 0 Å². The number of aryl methyl sites for hydroxylation is 3. The van der Waals surface area contributed by atoms with Crippen molar-refractivity contribution in [2.75, 3.05) is 11.1 Å². The summed E-state index contributed by atoms with van der Waals surface area (Å²) in [7, 11) is 0. The van der Waals surface area contributed by atoms with E-state index in [1.807, 2.05) is 32.9 Å². The first-order valence-corrected chi connectivity index (χ1v) is 6.70. The Bertz CT molecular complexity index is 657. The minimum atomic E-state index is -0.252. The summed E-state index contributed by atoms with van der Waals surface area (Å²) < 4.78 is 0. The smallest absolute Gasteiger partial charge is 0.257 e. The summed E-state index contributed by atoms with van der Waals surface area (Å²) in [5.74, 6) is -0.252. The maximum absolute atomic E-state index is 12.3. The lowest BCUT2D eigenvalue weighted by atomic mass is 10.0. The van der Waals surface area contributed by atoms with Crippen molar-refractivity contribution in [2.24, 2.45) is 0 Å². The molecule has 0 aliphatic rings. The first-order valence-electron chi connectivity index (χ1n) is 6.32. The van der Waals surface area contributed by atoms with Crippen LogP contribution in [-0.2, 0) is 0 Å². The van der Waals surface area contributed by atoms with E-state index in [1.165, 1.54) is 5.56 Å². The summed E-state index contributed by atoms with van der Waals surface area (Å²) in [5.41, 5.74) is 10.6. The van der Waals surface area contributed by atoms with Crippen molar-refractivity contribution < 1.29 is 4.79 Å². The van der Waals surface area contributed by atoms with Crippen LogP contribution in [0.15, 0.2) is 30.3 Å². The standard InChI is InChI=1S/C16H17ClN2O/c1-9-6-10(2)15(11(3)7-9)19-16(20)13-8-12(18)4-5-14(13)17/h4-8H,18H2,1-3H3,(H,19,20). The molecule has 0 saturated carbocycles. The number of halogens is 1. The average Bonchev–Trinajstić information content (AvgIpc) is 2.36. The van der Waals surface area contributed by atoms with Crippen LogP contribution in [0.4, 0.5) is 11.4 Å². The molecule has 20 heavy (non-hydrogen) atoms. The number of nitrogens with one attached hydrogen (secondary N) is 1. The molecule has 2 aromatic rings. The molecule has 0 aliphatic carbocycles. The molecule has 0 aliphatic heterocycles. The number of benzene rings is 2. The van der Waals surface area contributed by atoms with Crippen molar-refractivity contribution in [3.8, 4) is 0 Å². The zero-order chi connectivity index (χ0) is 14.9. The molecular formula is C16H17ClN2O. The van der Waals surface area contributed by atoms with Gasteiger partial charge in [-0.25, -0.2) is 0 Å². The van der Waals surface area contributed by atoms with Gasteiger partial charge >= 0.3 is 0 Å². The molecule has 104 valence electrons. The van der Waals surface area contributed by atoms with Crippen LogP contribution in [0.5, 0.6) is 0 Å². The summed E-state index contributed by atoms with van der Waals surface area (Å²) in [5, 5.41) is 3.30. The fraction of sp³-hybridized carbons (Fsp3) is 0.188. The Morgan fingerprint density at radius 2 is 1.70 bits per heavy atom. The zero-order valence-electron chi connectivity index (χ0n) is 11.8. The predicted molar refractivity (Wildman–Crippen MR) is 84.5 cm³/mol. The molecule has 4 heteroatoms. The first-order chi connectivity index (χ1) is 9.38. The van der Waals surface area contributed by atoms with Crippen LogP contribution in [0.1, 0.15) is 27.0 Å². The Morgan fingerprint density at radius 3 is 2.30 bits per heavy atom. The average molecular weight is 289 g/mol. The number of anilines is 2. The predicted octanol–water partition coefficient (Wildman–Crippen LogP) is 4.10. The number of nitrogens with two attached hydrogens (primary N) is 1. The van der Waals surface area contributed by atoms with E-state index in [1.54, 1.807) is 18.2 Å². The van der Waals surface area contributed by atoms with Gasteiger partial charge in [-0.1, -0.05) is 29.3 Å². The largest absolute Gasteiger partial charge is 0.399 e. The molecule has 0 aromatic heterocycles. The monoisotopic (exact) mass is 288 g/mol. The van der Waals surface area contributed by atoms with Gasteiger partial charge in [-0.05, 0) is 50.1 Å². The van der Waals surface area contributed by atoms with E-state index in [-0.39, 0.29) is 5.91 Å². The van der Waals surface area contributed by atoms with Crippen molar-refractivity contribution in [3.05, 3.63) is 57.6 Å². The normalized spacial score (nSPS) is 10.4. The van der Waals surface area contributed by atoms with Crippen molar-refractivity contribution >= 4 is 28.9 Å². The van der Waals surface area contributed by atoms with Crippen LogP contribution in [0.3, 0.4) is 0 Å². The molecule has 0 saturated heterocycles. The molecule has 2 rings (SSSR count). The fourth-order valence-corrected chi connectivity index (χ4v) is 2.48. The second-order valence-corrected chi connectivity index (χ2v) is 5.37. The molecule has 2 aromatic carbocycles. The van der Waals surface area contributed by atoms with E-state index in [2.05, 4.69) is 5.32 Å². The minimum Gasteiger partial charge on any atom is -0.399 e. The Kier molecular flexibility index (Phi) is 4.00. The Balaban J connectivity index is 2.35. The van der Waals surface area contributed by atoms with Crippen molar-refractivity contribution in [3.63, 3.8) is 0 Å². The van der Waals surface area contributed by atoms with Gasteiger partial charge in [0, 0.05) is 11.4 Å². The zero-order valence-corrected chi connectivity index (χ0v) is 12.5. The van der Waals surface area contributed by atoms with Crippen LogP contribution < -0.4 is 11.1 Å². The Hall–Kier alpha value is -2.00. The highest BCUT2D eigenvalue weighted by atomic mass is 35.5. The summed E-state index contributed by atoms with van der Waals surface area (Å²) in [6.45, 7) is 5.97. The summed E-state index contributed by atoms with van der Waals surface area (Å²) in [6, 6.07) is 8.94. The van der Waals surface area contributed by atoms with Gasteiger partial charge in [0.15, 0.2) is 0 Å². The van der Waals surface area contributed by atoms with Gasteiger partial charge in [-0.3, -0.25) is 4.79 Å². The minimum absolute atomic E-state index is 0.252. The lowest BCUT2D eigenvalue weighted by Crippen LogP contribution is -2.14. The lowest BCUT2D eigenvalue weighted by Gasteiger charge is -2.13. The molecule has 0 bridgehead atoms. The van der Waals surface area contributed by atoms with Crippen LogP contribution in [0, 0.1) is 20.8 Å². The second kappa shape index (κ2) is 5.55. The number of hydrogen-bond acceptors (Lipinski definition) is 2. The Morgan fingerprint density at radius 1 is 1.10 bits per heavy atom. The van der Waals surface area contributed by atoms with Crippen LogP contribution >= 0.6 is 11.6 Å². The third-order valence-electron chi connectivity index (χ3n) is 3.15. The number of carbonyl (C=O) groups is 1. The molecular weight excluding hydrogens is 272 g/mol. The van der Waals surface area contributed by atoms with Gasteiger partial charge in [0.25, 0.3) is 5.91 Å². The number of carbonyl (C=O) groups excluding carboxylic acids is 1. The quantitative estimate of drug-likeness (QED) is 0.818. The van der Waals surface area contributed by atoms with Gasteiger partial charge in [-0.2, -0.15) is 0 Å². The molecule has 3 N–H and O–H groups in total. The van der Waals surface area contributed by atoms with Gasteiger partial charge in [0.1, 0.15) is 0 Å². The molecule has 0 fully saturated rings. The van der Waals surface area contributed by atoms with Crippen molar-refractivity contribution in [1.29, 1.82) is 0 Å². The van der Waals surface area contributed by atoms with Gasteiger partial charge in [0.05, 0.1) is 10.6 Å². The van der Waals surface area contributed by atoms with E-state index < -0.39 is 0 Å². The number of rotatable bonds is 2. The highest BCUT2D eigenvalue weighted by molar-refractivity contribution is 6.34. The van der Waals surface area contributed by atoms with Crippen LogP contribution in [0.2, 0.25) is 5.02 Å². The molecule has 1 amide bonds. The second-order valence-electron chi connectivity index (χ2n) is 4.97. The van der Waals surface area contributed by atoms with E-state index in [4.69, 9.17) is 17.3 Å². The molecule has 0 heterocycles. The number of nitrogen functional groups attached to an aromatic ring is 1. The topological polar surface area (TPSA) is 55.1 Å². The molecule has 0 unspecified atom stereocenters. The SMILES string of the molecule is Cc1cc(C)c(NC(=O)c2cc(N)ccc2Cl)c(C)c1. The molecule has 3 nitrogen and oxygen atoms in total. The fourth-order valence-electron chi connectivity index (χ4n) is 2.27. The van der Waals surface area contributed by atoms with Crippen LogP contribution in [-0.4, -0.2) is 5.91 Å². The van der Waals surface area contributed by atoms with Gasteiger partial charge in [-0.15, -0.1) is 0 Å². The van der Waals surface area contributed by atoms with E-state index in [0.717, 1.165) is 16.8 Å². The van der Waals surface area contributed by atoms with E-state index in [9.17, 15) is 4.79 Å². The highest BCUT2D eigenvalue weighted by Crippen LogP contribution is 2.25. The molecule has 0 spiro atoms. The number of amides is 1. The van der Waals surface area contributed by atoms with E-state index in [0.29, 0.717) is 16.3 Å². The van der Waals surface area contributed by atoms with Crippen molar-refractivity contribution in [1.82, 2.24) is 0 Å². The summed E-state index contributed by atoms with van der Waals surface area (Å²) in [6.07, 6.45) is 0. The van der Waals surface area contributed by atoms with E-state index >= 15 is 0 Å². The molecule has 0 atom stereocenters. The maximum atomic E-state index is 12.3. The van der Waals surface area contributed by atoms with Crippen molar-refractivity contribution in [2.45, 2.75) is 20.8 Å².